The van der Waals surface area contributed by atoms with Crippen LogP contribution in [0.15, 0.2) is 48.5 Å². The highest BCUT2D eigenvalue weighted by Gasteiger charge is 2.30. The lowest BCUT2D eigenvalue weighted by molar-refractivity contribution is -0.137. The number of halogens is 3. The molecule has 0 aromatic heterocycles. The summed E-state index contributed by atoms with van der Waals surface area (Å²) in [6, 6.07) is 18.8. The van der Waals surface area contributed by atoms with Crippen LogP contribution in [0, 0.1) is 11.8 Å². The average Bonchev–Trinajstić information content (AvgIpc) is 2.88. The van der Waals surface area contributed by atoms with Gasteiger partial charge in [-0.3, -0.25) is 0 Å². The topological polar surface area (TPSA) is 0 Å². The highest BCUT2D eigenvalue weighted by atomic mass is 28.3. The summed E-state index contributed by atoms with van der Waals surface area (Å²) in [4.78, 5) is 0. The fourth-order valence-electron chi connectivity index (χ4n) is 6.30. The summed E-state index contributed by atoms with van der Waals surface area (Å²) in [5, 5.41) is 0. The van der Waals surface area contributed by atoms with E-state index < -0.39 is 11.7 Å². The smallest absolute Gasteiger partial charge is 0.166 e. The van der Waals surface area contributed by atoms with E-state index in [1.54, 1.807) is 30.3 Å². The fraction of sp³-hybridized carbons (Fsp3) is 0.613. The Labute approximate surface area is 212 Å². The molecule has 1 radical (unpaired) electrons. The Balaban J connectivity index is 1.18. The molecule has 4 heteroatoms. The third-order valence-corrected chi connectivity index (χ3v) is 11.8. The first-order valence-corrected chi connectivity index (χ1v) is 16.2. The molecule has 1 saturated heterocycles. The molecule has 2 fully saturated rings. The quantitative estimate of drug-likeness (QED) is 0.238. The number of hydrogen-bond acceptors (Lipinski definition) is 0. The Morgan fingerprint density at radius 3 is 1.80 bits per heavy atom. The van der Waals surface area contributed by atoms with Crippen molar-refractivity contribution < 1.29 is 13.2 Å². The summed E-state index contributed by atoms with van der Waals surface area (Å²) in [5.74, 6) is 2.55. The van der Waals surface area contributed by atoms with E-state index in [9.17, 15) is 13.2 Å². The standard InChI is InChI=1S/C31H42F3Si/c1-2-3-4-21-35-22-19-25(20-23-35)6-5-24-7-9-26(10-8-24)27-11-13-28(14-12-27)29-15-17-30(18-16-29)31(32,33)34/h11-18,24-26H,2-10,19-23H2,1H3. The van der Waals surface area contributed by atoms with E-state index in [0.717, 1.165) is 23.0 Å². The normalized spacial score (nSPS) is 22.4. The average molecular weight is 500 g/mol. The molecule has 0 amide bonds. The zero-order valence-corrected chi connectivity index (χ0v) is 22.4. The Morgan fingerprint density at radius 2 is 1.26 bits per heavy atom. The zero-order chi connectivity index (χ0) is 24.7. The predicted octanol–water partition coefficient (Wildman–Crippen LogP) is 10.5. The molecule has 1 aliphatic carbocycles. The lowest BCUT2D eigenvalue weighted by atomic mass is 9.76. The Kier molecular flexibility index (Phi) is 9.55. The second-order valence-electron chi connectivity index (χ2n) is 11.1. The van der Waals surface area contributed by atoms with Gasteiger partial charge in [0, 0.05) is 8.80 Å². The minimum atomic E-state index is -4.28. The van der Waals surface area contributed by atoms with Crippen molar-refractivity contribution in [1.29, 1.82) is 0 Å². The molecule has 0 nitrogen and oxygen atoms in total. The van der Waals surface area contributed by atoms with Crippen molar-refractivity contribution in [1.82, 2.24) is 0 Å². The van der Waals surface area contributed by atoms with Crippen molar-refractivity contribution in [2.75, 3.05) is 0 Å². The van der Waals surface area contributed by atoms with Gasteiger partial charge in [0.25, 0.3) is 0 Å². The number of unbranched alkanes of at least 4 members (excludes halogenated alkanes) is 2. The second-order valence-corrected chi connectivity index (χ2v) is 14.1. The number of alkyl halides is 3. The van der Waals surface area contributed by atoms with Gasteiger partial charge in [-0.2, -0.15) is 13.2 Å². The van der Waals surface area contributed by atoms with E-state index in [4.69, 9.17) is 0 Å². The Hall–Kier alpha value is -1.55. The van der Waals surface area contributed by atoms with E-state index in [2.05, 4.69) is 31.2 Å². The van der Waals surface area contributed by atoms with Crippen LogP contribution in [0.25, 0.3) is 11.1 Å². The lowest BCUT2D eigenvalue weighted by Gasteiger charge is -2.32. The predicted molar refractivity (Wildman–Crippen MR) is 143 cm³/mol. The minimum Gasteiger partial charge on any atom is -0.166 e. The molecule has 0 bridgehead atoms. The first-order valence-electron chi connectivity index (χ1n) is 14.0. The molecule has 0 N–H and O–H groups in total. The maximum Gasteiger partial charge on any atom is 0.416 e. The molecule has 2 aromatic carbocycles. The number of rotatable bonds is 9. The van der Waals surface area contributed by atoms with Crippen molar-refractivity contribution in [2.45, 2.75) is 108 Å². The molecule has 0 atom stereocenters. The molecule has 191 valence electrons. The van der Waals surface area contributed by atoms with Crippen LogP contribution >= 0.6 is 0 Å². The van der Waals surface area contributed by atoms with Crippen molar-refractivity contribution in [2.24, 2.45) is 11.8 Å². The van der Waals surface area contributed by atoms with Gasteiger partial charge in [0.15, 0.2) is 0 Å². The SMILES string of the molecule is CCCCC[Si]1CCC(CCC2CCC(c3ccc(-c4ccc(C(F)(F)F)cc4)cc3)CC2)CC1. The van der Waals surface area contributed by atoms with Crippen molar-refractivity contribution >= 4 is 8.80 Å². The van der Waals surface area contributed by atoms with Gasteiger partial charge in [-0.25, -0.2) is 0 Å². The highest BCUT2D eigenvalue weighted by Crippen LogP contribution is 2.40. The molecule has 4 rings (SSSR count). The summed E-state index contributed by atoms with van der Waals surface area (Å²) in [6.45, 7) is 2.31. The van der Waals surface area contributed by atoms with Gasteiger partial charge in [0.2, 0.25) is 0 Å². The van der Waals surface area contributed by atoms with Crippen molar-refractivity contribution in [3.05, 3.63) is 59.7 Å². The molecule has 1 saturated carbocycles. The fourth-order valence-corrected chi connectivity index (χ4v) is 9.44. The first-order chi connectivity index (χ1) is 16.9. The zero-order valence-electron chi connectivity index (χ0n) is 21.4. The van der Waals surface area contributed by atoms with Crippen LogP contribution in [0.1, 0.15) is 94.6 Å². The highest BCUT2D eigenvalue weighted by molar-refractivity contribution is 6.58. The van der Waals surface area contributed by atoms with E-state index in [-0.39, 0.29) is 8.80 Å². The van der Waals surface area contributed by atoms with Crippen molar-refractivity contribution in [3.63, 3.8) is 0 Å². The largest absolute Gasteiger partial charge is 0.416 e. The van der Waals surface area contributed by atoms with Gasteiger partial charge in [-0.1, -0.05) is 106 Å². The molecule has 0 spiro atoms. The summed E-state index contributed by atoms with van der Waals surface area (Å²) >= 11 is 0. The summed E-state index contributed by atoms with van der Waals surface area (Å²) in [7, 11) is -0.00643. The van der Waals surface area contributed by atoms with E-state index in [1.807, 2.05) is 0 Å². The van der Waals surface area contributed by atoms with Crippen LogP contribution in [0.5, 0.6) is 0 Å². The summed E-state index contributed by atoms with van der Waals surface area (Å²) < 4.78 is 38.4. The van der Waals surface area contributed by atoms with Crippen LogP contribution in [-0.4, -0.2) is 8.80 Å². The van der Waals surface area contributed by atoms with Crippen LogP contribution in [0.2, 0.25) is 18.1 Å². The lowest BCUT2D eigenvalue weighted by Crippen LogP contribution is -2.22. The molecule has 0 unspecified atom stereocenters. The number of hydrogen-bond donors (Lipinski definition) is 0. The van der Waals surface area contributed by atoms with E-state index in [0.29, 0.717) is 5.92 Å². The molecule has 35 heavy (non-hydrogen) atoms. The molecule has 2 aliphatic rings. The van der Waals surface area contributed by atoms with Gasteiger partial charge in [-0.05, 0) is 72.3 Å². The third-order valence-electron chi connectivity index (χ3n) is 8.70. The molecular formula is C31H42F3Si. The van der Waals surface area contributed by atoms with Crippen LogP contribution in [-0.2, 0) is 6.18 Å². The number of benzene rings is 2. The summed E-state index contributed by atoms with van der Waals surface area (Å²) in [6.07, 6.45) is 11.2. The second kappa shape index (κ2) is 12.6. The van der Waals surface area contributed by atoms with Gasteiger partial charge in [0.05, 0.1) is 5.56 Å². The van der Waals surface area contributed by atoms with E-state index >= 15 is 0 Å². The van der Waals surface area contributed by atoms with Gasteiger partial charge in [0.1, 0.15) is 0 Å². The molecule has 1 aliphatic heterocycles. The van der Waals surface area contributed by atoms with Gasteiger partial charge in [-0.15, -0.1) is 0 Å². The maximum atomic E-state index is 12.8. The minimum absolute atomic E-state index is 0.00643. The molecule has 2 aromatic rings. The molecular weight excluding hydrogens is 457 g/mol. The van der Waals surface area contributed by atoms with Crippen LogP contribution in [0.3, 0.4) is 0 Å². The Bertz CT molecular complexity index is 871. The Morgan fingerprint density at radius 1 is 0.714 bits per heavy atom. The first kappa shape index (κ1) is 26.5. The van der Waals surface area contributed by atoms with Gasteiger partial charge >= 0.3 is 6.18 Å². The van der Waals surface area contributed by atoms with Gasteiger partial charge < -0.3 is 0 Å². The van der Waals surface area contributed by atoms with Crippen LogP contribution in [0.4, 0.5) is 13.2 Å². The van der Waals surface area contributed by atoms with Crippen molar-refractivity contribution in [3.8, 4) is 11.1 Å². The third kappa shape index (κ3) is 7.71. The van der Waals surface area contributed by atoms with E-state index in [1.165, 1.54) is 88.3 Å². The maximum absolute atomic E-state index is 12.8. The summed E-state index contributed by atoms with van der Waals surface area (Å²) in [5.41, 5.74) is 2.62. The molecule has 1 heterocycles. The monoisotopic (exact) mass is 499 g/mol. The van der Waals surface area contributed by atoms with Crippen LogP contribution < -0.4 is 0 Å².